The molecule has 0 saturated heterocycles. The van der Waals surface area contributed by atoms with E-state index < -0.39 is 0 Å². The van der Waals surface area contributed by atoms with Gasteiger partial charge in [-0.25, -0.2) is 0 Å². The van der Waals surface area contributed by atoms with Crippen LogP contribution in [0, 0.1) is 0 Å². The predicted octanol–water partition coefficient (Wildman–Crippen LogP) is 1.85. The first-order valence-corrected chi connectivity index (χ1v) is 3.91. The Bertz CT molecular complexity index is 56.6. The van der Waals surface area contributed by atoms with Crippen LogP contribution >= 0.6 is 0 Å². The molecule has 12 heavy (non-hydrogen) atoms. The standard InChI is InChI=1S/C7H17N3.2Y/c8-4-1-2-6-10-7-3-5-9;;/h8-10H,1-7H2;;/q-2;;. The molecule has 0 aliphatic heterocycles. The van der Waals surface area contributed by atoms with Crippen LogP contribution in [0.1, 0.15) is 19.3 Å². The molecule has 0 saturated carbocycles. The maximum Gasteiger partial charge on any atom is 0 e. The third-order valence-electron chi connectivity index (χ3n) is 1.31. The Balaban J connectivity index is -0.000000405. The van der Waals surface area contributed by atoms with Gasteiger partial charge in [0.15, 0.2) is 0 Å². The molecule has 0 fully saturated rings. The van der Waals surface area contributed by atoms with Crippen molar-refractivity contribution in [3.8, 4) is 0 Å². The molecule has 0 unspecified atom stereocenters. The Morgan fingerprint density at radius 3 is 1.75 bits per heavy atom. The molecule has 0 atom stereocenters. The van der Waals surface area contributed by atoms with E-state index >= 15 is 0 Å². The average molecular weight is 321 g/mol. The van der Waals surface area contributed by atoms with Gasteiger partial charge in [-0.05, 0) is 19.5 Å². The van der Waals surface area contributed by atoms with E-state index in [-0.39, 0.29) is 65.4 Å². The van der Waals surface area contributed by atoms with E-state index in [9.17, 15) is 0 Å². The zero-order valence-corrected chi connectivity index (χ0v) is 13.3. The molecule has 0 aromatic heterocycles. The maximum atomic E-state index is 6.86. The van der Waals surface area contributed by atoms with Crippen molar-refractivity contribution in [2.24, 2.45) is 0 Å². The van der Waals surface area contributed by atoms with Crippen LogP contribution in [0.5, 0.6) is 0 Å². The summed E-state index contributed by atoms with van der Waals surface area (Å²) in [6, 6.07) is 0. The van der Waals surface area contributed by atoms with Gasteiger partial charge in [0.25, 0.3) is 0 Å². The summed E-state index contributed by atoms with van der Waals surface area (Å²) in [7, 11) is 0. The second-order valence-corrected chi connectivity index (χ2v) is 2.31. The van der Waals surface area contributed by atoms with Crippen molar-refractivity contribution in [1.82, 2.24) is 5.32 Å². The summed E-state index contributed by atoms with van der Waals surface area (Å²) in [5.41, 5.74) is 13.7. The molecule has 3 nitrogen and oxygen atoms in total. The van der Waals surface area contributed by atoms with Gasteiger partial charge in [-0.1, -0.05) is 12.8 Å². The van der Waals surface area contributed by atoms with E-state index in [2.05, 4.69) is 5.32 Å². The van der Waals surface area contributed by atoms with Crippen molar-refractivity contribution in [3.05, 3.63) is 11.5 Å². The van der Waals surface area contributed by atoms with Crippen LogP contribution in [-0.2, 0) is 65.4 Å². The van der Waals surface area contributed by atoms with Crippen LogP contribution < -0.4 is 5.32 Å². The largest absolute Gasteiger partial charge is 0.677 e. The normalized spacial score (nSPS) is 8.50. The van der Waals surface area contributed by atoms with Gasteiger partial charge in [0.2, 0.25) is 0 Å². The first-order valence-electron chi connectivity index (χ1n) is 3.91. The average Bonchev–Trinajstić information content (AvgIpc) is 1.97. The molecule has 0 aromatic rings. The molecule has 0 heterocycles. The fourth-order valence-corrected chi connectivity index (χ4v) is 0.713. The summed E-state index contributed by atoms with van der Waals surface area (Å²) >= 11 is 0. The Morgan fingerprint density at radius 1 is 0.750 bits per heavy atom. The second kappa shape index (κ2) is 18.8. The first kappa shape index (κ1) is 19.6. The number of unbranched alkanes of at least 4 members (excludes halogenated alkanes) is 1. The second-order valence-electron chi connectivity index (χ2n) is 2.31. The minimum absolute atomic E-state index is 0. The molecule has 0 aromatic carbocycles. The molecule has 0 aliphatic carbocycles. The zero-order valence-electron chi connectivity index (χ0n) is 7.60. The molecule has 3 N–H and O–H groups in total. The van der Waals surface area contributed by atoms with Crippen molar-refractivity contribution in [1.29, 1.82) is 0 Å². The Hall–Kier alpha value is 2.09. The third-order valence-corrected chi connectivity index (χ3v) is 1.31. The molecular formula is C7H17N3Y2-2. The van der Waals surface area contributed by atoms with E-state index in [1.165, 1.54) is 0 Å². The first-order chi connectivity index (χ1) is 4.91. The SMILES string of the molecule is [NH-]CCCCNCCC[NH-].[Y].[Y]. The van der Waals surface area contributed by atoms with Crippen LogP contribution in [0.15, 0.2) is 0 Å². The number of nitrogens with one attached hydrogen (secondary N) is 3. The van der Waals surface area contributed by atoms with Crippen LogP contribution in [0.25, 0.3) is 11.5 Å². The Labute approximate surface area is 126 Å². The number of rotatable bonds is 7. The Morgan fingerprint density at radius 2 is 1.25 bits per heavy atom. The van der Waals surface area contributed by atoms with Crippen molar-refractivity contribution < 1.29 is 65.4 Å². The molecule has 0 bridgehead atoms. The number of hydrogen-bond acceptors (Lipinski definition) is 1. The van der Waals surface area contributed by atoms with E-state index in [4.69, 9.17) is 11.5 Å². The van der Waals surface area contributed by atoms with Crippen LogP contribution in [-0.4, -0.2) is 26.2 Å². The summed E-state index contributed by atoms with van der Waals surface area (Å²) in [5, 5.41) is 3.22. The Kier molecular flexibility index (Phi) is 30.7. The monoisotopic (exact) mass is 321 g/mol. The molecule has 0 aliphatic rings. The maximum absolute atomic E-state index is 6.86. The summed E-state index contributed by atoms with van der Waals surface area (Å²) in [5.74, 6) is 0. The van der Waals surface area contributed by atoms with E-state index in [1.807, 2.05) is 0 Å². The van der Waals surface area contributed by atoms with Gasteiger partial charge >= 0.3 is 0 Å². The van der Waals surface area contributed by atoms with Gasteiger partial charge in [0.05, 0.1) is 0 Å². The smallest absolute Gasteiger partial charge is 0 e. The van der Waals surface area contributed by atoms with Gasteiger partial charge in [-0.2, -0.15) is 6.54 Å². The molecule has 68 valence electrons. The minimum atomic E-state index is 0. The topological polar surface area (TPSA) is 59.6 Å². The van der Waals surface area contributed by atoms with Gasteiger partial charge in [-0.3, -0.25) is 0 Å². The summed E-state index contributed by atoms with van der Waals surface area (Å²) < 4.78 is 0. The molecule has 5 heteroatoms. The van der Waals surface area contributed by atoms with Crippen LogP contribution in [0.3, 0.4) is 0 Å². The molecule has 0 rings (SSSR count). The van der Waals surface area contributed by atoms with Crippen molar-refractivity contribution >= 4 is 0 Å². The summed E-state index contributed by atoms with van der Waals surface area (Å²) in [4.78, 5) is 0. The van der Waals surface area contributed by atoms with Gasteiger partial charge in [0.1, 0.15) is 0 Å². The van der Waals surface area contributed by atoms with Crippen molar-refractivity contribution in [3.63, 3.8) is 0 Å². The van der Waals surface area contributed by atoms with Crippen LogP contribution in [0.4, 0.5) is 0 Å². The zero-order chi connectivity index (χ0) is 7.66. The van der Waals surface area contributed by atoms with E-state index in [0.717, 1.165) is 32.4 Å². The summed E-state index contributed by atoms with van der Waals surface area (Å²) in [6.07, 6.45) is 3.04. The van der Waals surface area contributed by atoms with Crippen molar-refractivity contribution in [2.75, 3.05) is 26.2 Å². The summed E-state index contributed by atoms with van der Waals surface area (Å²) in [6.45, 7) is 3.03. The van der Waals surface area contributed by atoms with E-state index in [1.54, 1.807) is 0 Å². The van der Waals surface area contributed by atoms with Crippen molar-refractivity contribution in [2.45, 2.75) is 19.3 Å². The van der Waals surface area contributed by atoms with Gasteiger partial charge in [0, 0.05) is 65.4 Å². The fourth-order valence-electron chi connectivity index (χ4n) is 0.713. The predicted molar refractivity (Wildman–Crippen MR) is 45.1 cm³/mol. The molecule has 0 amide bonds. The third kappa shape index (κ3) is 18.0. The quantitative estimate of drug-likeness (QED) is 0.715. The van der Waals surface area contributed by atoms with Gasteiger partial charge in [-0.15, -0.1) is 6.54 Å². The molecular weight excluding hydrogens is 304 g/mol. The number of hydrogen-bond donors (Lipinski definition) is 1. The molecule has 2 radical (unpaired) electrons. The van der Waals surface area contributed by atoms with E-state index in [0.29, 0.717) is 13.1 Å². The minimum Gasteiger partial charge on any atom is -0.677 e. The fraction of sp³-hybridized carbons (Fsp3) is 1.00. The van der Waals surface area contributed by atoms with Gasteiger partial charge < -0.3 is 16.8 Å². The molecule has 0 spiro atoms. The van der Waals surface area contributed by atoms with Crippen LogP contribution in [0.2, 0.25) is 0 Å².